The third kappa shape index (κ3) is 5.60. The van der Waals surface area contributed by atoms with E-state index in [1.165, 1.54) is 10.9 Å². The van der Waals surface area contributed by atoms with E-state index in [0.717, 1.165) is 0 Å². The first kappa shape index (κ1) is 28.1. The molecule has 12 nitrogen and oxygen atoms in total. The standard InChI is InChI=1S/C31H32N8O4/c1-31(2,36-21-17-42-18-21)14-20(15-32)29(40)37-13-12-23(16-37)39-28-26(27(33)34-19-35-28)38(30(39)41)22-8-10-25(11-9-22)43-24-6-4-3-5-7-24/h3-11,14,19,21,23,36H,12-13,16-18H2,1-2H3,(H2,33,34,35). The number of likely N-dealkylation sites (tertiary alicyclic amines) is 1. The minimum absolute atomic E-state index is 0.0533. The molecule has 220 valence electrons. The van der Waals surface area contributed by atoms with Gasteiger partial charge in [-0.2, -0.15) is 5.26 Å². The molecule has 3 N–H and O–H groups in total. The normalized spacial score (nSPS) is 17.6. The third-order valence-corrected chi connectivity index (χ3v) is 7.64. The van der Waals surface area contributed by atoms with E-state index < -0.39 is 5.54 Å². The second-order valence-corrected chi connectivity index (χ2v) is 11.3. The van der Waals surface area contributed by atoms with Gasteiger partial charge in [0.2, 0.25) is 0 Å². The van der Waals surface area contributed by atoms with E-state index in [0.29, 0.717) is 54.5 Å². The van der Waals surface area contributed by atoms with Crippen LogP contribution in [0.3, 0.4) is 0 Å². The van der Waals surface area contributed by atoms with Gasteiger partial charge in [0.15, 0.2) is 11.5 Å². The van der Waals surface area contributed by atoms with Gasteiger partial charge in [-0.25, -0.2) is 14.8 Å². The fourth-order valence-electron chi connectivity index (χ4n) is 5.62. The Labute approximate surface area is 248 Å². The summed E-state index contributed by atoms with van der Waals surface area (Å²) in [7, 11) is 0. The molecule has 2 saturated heterocycles. The molecule has 6 rings (SSSR count). The number of aromatic nitrogens is 4. The summed E-state index contributed by atoms with van der Waals surface area (Å²) < 4.78 is 14.2. The van der Waals surface area contributed by atoms with Crippen LogP contribution in [0.2, 0.25) is 0 Å². The number of fused-ring (bicyclic) bond motifs is 1. The van der Waals surface area contributed by atoms with E-state index in [1.54, 1.807) is 39.8 Å². The van der Waals surface area contributed by atoms with Gasteiger partial charge in [0.05, 0.1) is 31.0 Å². The summed E-state index contributed by atoms with van der Waals surface area (Å²) >= 11 is 0. The molecule has 0 spiro atoms. The van der Waals surface area contributed by atoms with Gasteiger partial charge >= 0.3 is 5.69 Å². The summed E-state index contributed by atoms with van der Waals surface area (Å²) in [6, 6.07) is 18.4. The number of nitriles is 1. The van der Waals surface area contributed by atoms with Crippen LogP contribution in [-0.2, 0) is 9.53 Å². The first-order valence-corrected chi connectivity index (χ1v) is 14.1. The van der Waals surface area contributed by atoms with Crippen molar-refractivity contribution < 1.29 is 14.3 Å². The highest BCUT2D eigenvalue weighted by atomic mass is 16.5. The quantitative estimate of drug-likeness (QED) is 0.237. The van der Waals surface area contributed by atoms with Gasteiger partial charge < -0.3 is 25.4 Å². The Morgan fingerprint density at radius 3 is 2.53 bits per heavy atom. The lowest BCUT2D eigenvalue weighted by Gasteiger charge is -2.34. The van der Waals surface area contributed by atoms with Gasteiger partial charge in [0, 0.05) is 18.6 Å². The average molecular weight is 581 g/mol. The lowest BCUT2D eigenvalue weighted by atomic mass is 9.99. The zero-order chi connectivity index (χ0) is 30.1. The highest BCUT2D eigenvalue weighted by Gasteiger charge is 2.34. The Balaban J connectivity index is 1.27. The van der Waals surface area contributed by atoms with Crippen LogP contribution in [0, 0.1) is 11.3 Å². The Kier molecular flexibility index (Phi) is 7.43. The Morgan fingerprint density at radius 1 is 1.14 bits per heavy atom. The van der Waals surface area contributed by atoms with E-state index in [1.807, 2.05) is 44.2 Å². The van der Waals surface area contributed by atoms with Crippen LogP contribution in [0.1, 0.15) is 26.3 Å². The summed E-state index contributed by atoms with van der Waals surface area (Å²) in [5.74, 6) is 1.10. The number of nitrogens with one attached hydrogen (secondary N) is 1. The first-order valence-electron chi connectivity index (χ1n) is 14.1. The number of anilines is 1. The smallest absolute Gasteiger partial charge is 0.335 e. The number of nitrogens with two attached hydrogens (primary N) is 1. The molecule has 1 unspecified atom stereocenters. The highest BCUT2D eigenvalue weighted by Crippen LogP contribution is 2.29. The van der Waals surface area contributed by atoms with Gasteiger partial charge in [-0.1, -0.05) is 18.2 Å². The largest absolute Gasteiger partial charge is 0.457 e. The maximum Gasteiger partial charge on any atom is 0.335 e. The summed E-state index contributed by atoms with van der Waals surface area (Å²) in [6.45, 7) is 5.67. The van der Waals surface area contributed by atoms with Crippen molar-refractivity contribution in [1.82, 2.24) is 29.3 Å². The van der Waals surface area contributed by atoms with Crippen LogP contribution in [0.4, 0.5) is 5.82 Å². The number of hydrogen-bond donors (Lipinski definition) is 2. The van der Waals surface area contributed by atoms with Gasteiger partial charge in [-0.15, -0.1) is 0 Å². The minimum Gasteiger partial charge on any atom is -0.457 e. The number of carbonyl (C=O) groups is 1. The molecule has 2 aromatic heterocycles. The van der Waals surface area contributed by atoms with Crippen molar-refractivity contribution in [3.63, 3.8) is 0 Å². The molecule has 2 aliphatic rings. The summed E-state index contributed by atoms with van der Waals surface area (Å²) in [6.07, 6.45) is 3.50. The van der Waals surface area contributed by atoms with E-state index >= 15 is 0 Å². The number of carbonyl (C=O) groups excluding carboxylic acids is 1. The van der Waals surface area contributed by atoms with Crippen molar-refractivity contribution >= 4 is 22.9 Å². The van der Waals surface area contributed by atoms with E-state index in [4.69, 9.17) is 15.2 Å². The van der Waals surface area contributed by atoms with Crippen LogP contribution in [0.5, 0.6) is 11.5 Å². The first-order chi connectivity index (χ1) is 20.7. The molecule has 1 amide bonds. The van der Waals surface area contributed by atoms with Gasteiger partial charge in [-0.3, -0.25) is 13.9 Å². The number of nitrogen functional groups attached to an aromatic ring is 1. The molecule has 0 radical (unpaired) electrons. The molecule has 0 saturated carbocycles. The molecule has 4 heterocycles. The monoisotopic (exact) mass is 580 g/mol. The molecule has 2 aliphatic heterocycles. The number of rotatable bonds is 8. The molecule has 4 aromatic rings. The summed E-state index contributed by atoms with van der Waals surface area (Å²) in [4.78, 5) is 37.6. The molecule has 43 heavy (non-hydrogen) atoms. The third-order valence-electron chi connectivity index (χ3n) is 7.64. The number of amides is 1. The van der Waals surface area contributed by atoms with Crippen LogP contribution in [0.25, 0.3) is 16.9 Å². The zero-order valence-electron chi connectivity index (χ0n) is 23.9. The lowest BCUT2D eigenvalue weighted by Crippen LogP contribution is -2.54. The molecule has 2 aromatic carbocycles. The van der Waals surface area contributed by atoms with Crippen molar-refractivity contribution in [1.29, 1.82) is 5.26 Å². The van der Waals surface area contributed by atoms with Gasteiger partial charge in [0.25, 0.3) is 5.91 Å². The van der Waals surface area contributed by atoms with Crippen LogP contribution in [0.15, 0.2) is 77.4 Å². The number of nitrogens with zero attached hydrogens (tertiary/aromatic N) is 6. The van der Waals surface area contributed by atoms with Crippen molar-refractivity contribution in [2.75, 3.05) is 32.0 Å². The van der Waals surface area contributed by atoms with Crippen LogP contribution >= 0.6 is 0 Å². The van der Waals surface area contributed by atoms with Crippen molar-refractivity contribution in [2.24, 2.45) is 0 Å². The summed E-state index contributed by atoms with van der Waals surface area (Å²) in [5.41, 5.74) is 6.75. The van der Waals surface area contributed by atoms with Crippen molar-refractivity contribution in [3.05, 3.63) is 83.1 Å². The number of ether oxygens (including phenoxy) is 2. The number of hydrogen-bond acceptors (Lipinski definition) is 9. The van der Waals surface area contributed by atoms with E-state index in [2.05, 4.69) is 21.4 Å². The maximum absolute atomic E-state index is 14.0. The predicted octanol–water partition coefficient (Wildman–Crippen LogP) is 2.95. The molecule has 12 heteroatoms. The van der Waals surface area contributed by atoms with E-state index in [-0.39, 0.29) is 41.6 Å². The van der Waals surface area contributed by atoms with Crippen molar-refractivity contribution in [3.8, 4) is 23.3 Å². The molecular weight excluding hydrogens is 548 g/mol. The second kappa shape index (κ2) is 11.4. The molecule has 0 aliphatic carbocycles. The predicted molar refractivity (Wildman–Crippen MR) is 160 cm³/mol. The average Bonchev–Trinajstić information content (AvgIpc) is 3.57. The zero-order valence-corrected chi connectivity index (χ0v) is 23.9. The molecular formula is C31H32N8O4. The minimum atomic E-state index is -0.575. The van der Waals surface area contributed by atoms with E-state index in [9.17, 15) is 14.9 Å². The Bertz CT molecular complexity index is 1780. The second-order valence-electron chi connectivity index (χ2n) is 11.3. The highest BCUT2D eigenvalue weighted by molar-refractivity contribution is 5.97. The lowest BCUT2D eigenvalue weighted by molar-refractivity contribution is -0.125. The SMILES string of the molecule is CC(C)(C=C(C#N)C(=O)N1CCC(n2c(=O)n(-c3ccc(Oc4ccccc4)cc3)c3c(N)ncnc32)C1)NC1COC1. The van der Waals surface area contributed by atoms with Crippen molar-refractivity contribution in [2.45, 2.75) is 37.9 Å². The fourth-order valence-corrected chi connectivity index (χ4v) is 5.62. The number of benzene rings is 2. The van der Waals surface area contributed by atoms with Crippen LogP contribution in [-0.4, -0.2) is 67.8 Å². The van der Waals surface area contributed by atoms with Gasteiger partial charge in [-0.05, 0) is 62.7 Å². The van der Waals surface area contributed by atoms with Crippen LogP contribution < -0.4 is 21.5 Å². The Morgan fingerprint density at radius 2 is 1.86 bits per heavy atom. The van der Waals surface area contributed by atoms with Gasteiger partial charge in [0.1, 0.15) is 35.0 Å². The fraction of sp³-hybridized carbons (Fsp3) is 0.323. The Hall–Kier alpha value is -4.99. The maximum atomic E-state index is 14.0. The topological polar surface area (TPSA) is 153 Å². The molecule has 1 atom stereocenters. The molecule has 0 bridgehead atoms. The molecule has 2 fully saturated rings. The number of para-hydroxylation sites is 1. The summed E-state index contributed by atoms with van der Waals surface area (Å²) in [5, 5.41) is 13.2. The number of imidazole rings is 1.